The minimum absolute atomic E-state index is 0.0886. The first-order chi connectivity index (χ1) is 12.7. The van der Waals surface area contributed by atoms with Gasteiger partial charge in [-0.25, -0.2) is 0 Å². The van der Waals surface area contributed by atoms with Crippen molar-refractivity contribution in [3.63, 3.8) is 0 Å². The van der Waals surface area contributed by atoms with Crippen LogP contribution in [0.4, 0.5) is 5.13 Å². The molecular formula is C19H17N3O3S. The number of hydrogen-bond donors (Lipinski definition) is 1. The second-order valence-corrected chi connectivity index (χ2v) is 6.99. The third-order valence-electron chi connectivity index (χ3n) is 4.05. The average molecular weight is 367 g/mol. The van der Waals surface area contributed by atoms with E-state index < -0.39 is 0 Å². The van der Waals surface area contributed by atoms with Crippen LogP contribution in [0.25, 0.3) is 10.6 Å². The molecule has 0 unspecified atom stereocenters. The van der Waals surface area contributed by atoms with Gasteiger partial charge in [0.05, 0.1) is 0 Å². The Morgan fingerprint density at radius 3 is 2.77 bits per heavy atom. The number of anilines is 1. The number of ether oxygens (including phenoxy) is 2. The number of rotatable bonds is 5. The van der Waals surface area contributed by atoms with Crippen LogP contribution in [0, 0.1) is 6.92 Å². The number of carbonyl (C=O) groups is 1. The van der Waals surface area contributed by atoms with Crippen LogP contribution < -0.4 is 14.8 Å². The van der Waals surface area contributed by atoms with Crippen molar-refractivity contribution in [3.8, 4) is 22.1 Å². The lowest BCUT2D eigenvalue weighted by Crippen LogP contribution is -2.12. The molecular weight excluding hydrogens is 350 g/mol. The largest absolute Gasteiger partial charge is 0.454 e. The first-order valence-electron chi connectivity index (χ1n) is 8.26. The minimum Gasteiger partial charge on any atom is -0.454 e. The van der Waals surface area contributed by atoms with Gasteiger partial charge in [0, 0.05) is 12.0 Å². The first-order valence-corrected chi connectivity index (χ1v) is 9.08. The monoisotopic (exact) mass is 367 g/mol. The highest BCUT2D eigenvalue weighted by Gasteiger charge is 2.14. The average Bonchev–Trinajstić information content (AvgIpc) is 3.29. The Balaban J connectivity index is 1.34. The highest BCUT2D eigenvalue weighted by molar-refractivity contribution is 7.18. The molecule has 132 valence electrons. The molecule has 3 aromatic rings. The second kappa shape index (κ2) is 7.13. The van der Waals surface area contributed by atoms with Crippen LogP contribution >= 0.6 is 11.3 Å². The lowest BCUT2D eigenvalue weighted by Gasteiger charge is -2.03. The summed E-state index contributed by atoms with van der Waals surface area (Å²) in [6.07, 6.45) is 0.977. The van der Waals surface area contributed by atoms with Crippen LogP contribution in [-0.2, 0) is 11.2 Å². The molecule has 0 saturated heterocycles. The molecule has 0 bridgehead atoms. The Kier molecular flexibility index (Phi) is 4.53. The molecule has 2 aromatic carbocycles. The van der Waals surface area contributed by atoms with Crippen molar-refractivity contribution in [2.75, 3.05) is 12.1 Å². The highest BCUT2D eigenvalue weighted by Crippen LogP contribution is 2.33. The van der Waals surface area contributed by atoms with E-state index in [4.69, 9.17) is 9.47 Å². The van der Waals surface area contributed by atoms with Gasteiger partial charge in [0.25, 0.3) is 0 Å². The number of amides is 1. The van der Waals surface area contributed by atoms with Crippen molar-refractivity contribution in [2.24, 2.45) is 0 Å². The van der Waals surface area contributed by atoms with E-state index in [1.54, 1.807) is 0 Å². The smallest absolute Gasteiger partial charge is 0.231 e. The molecule has 1 aliphatic heterocycles. The molecule has 0 fully saturated rings. The third kappa shape index (κ3) is 3.67. The van der Waals surface area contributed by atoms with Gasteiger partial charge >= 0.3 is 0 Å². The fourth-order valence-electron chi connectivity index (χ4n) is 2.62. The van der Waals surface area contributed by atoms with E-state index in [-0.39, 0.29) is 12.7 Å². The summed E-state index contributed by atoms with van der Waals surface area (Å²) in [6.45, 7) is 2.29. The van der Waals surface area contributed by atoms with Gasteiger partial charge in [-0.3, -0.25) is 4.79 Å². The summed E-state index contributed by atoms with van der Waals surface area (Å²) in [5.74, 6) is 1.39. The summed E-state index contributed by atoms with van der Waals surface area (Å²) in [6, 6.07) is 13.8. The van der Waals surface area contributed by atoms with Gasteiger partial charge in [-0.2, -0.15) is 0 Å². The number of aryl methyl sites for hydroxylation is 2. The van der Waals surface area contributed by atoms with Gasteiger partial charge in [0.15, 0.2) is 11.5 Å². The summed E-state index contributed by atoms with van der Waals surface area (Å²) in [4.78, 5) is 12.2. The first kappa shape index (κ1) is 16.5. The number of aromatic nitrogens is 2. The lowest BCUT2D eigenvalue weighted by atomic mass is 10.1. The van der Waals surface area contributed by atoms with Crippen molar-refractivity contribution in [3.05, 3.63) is 53.6 Å². The van der Waals surface area contributed by atoms with Gasteiger partial charge < -0.3 is 14.8 Å². The molecule has 1 amide bonds. The maximum absolute atomic E-state index is 12.2. The van der Waals surface area contributed by atoms with Crippen molar-refractivity contribution in [2.45, 2.75) is 19.8 Å². The Hall–Kier alpha value is -2.93. The standard InChI is InChI=1S/C19H17N3O3S/c1-12-2-6-14(7-3-12)18-21-22-19(26-18)20-17(23)9-5-13-4-8-15-16(10-13)25-11-24-15/h2-4,6-8,10H,5,9,11H2,1H3,(H,20,22,23). The van der Waals surface area contributed by atoms with Gasteiger partial charge in [0.2, 0.25) is 17.8 Å². The molecule has 1 N–H and O–H groups in total. The Morgan fingerprint density at radius 1 is 1.12 bits per heavy atom. The summed E-state index contributed by atoms with van der Waals surface area (Å²) < 4.78 is 10.6. The number of hydrogen-bond acceptors (Lipinski definition) is 6. The minimum atomic E-state index is -0.0886. The van der Waals surface area contributed by atoms with E-state index in [9.17, 15) is 4.79 Å². The Bertz CT molecular complexity index is 937. The predicted octanol–water partition coefficient (Wildman–Crippen LogP) is 3.81. The fourth-order valence-corrected chi connectivity index (χ4v) is 3.39. The maximum atomic E-state index is 12.2. The molecule has 4 rings (SSSR count). The number of nitrogens with one attached hydrogen (secondary N) is 1. The molecule has 0 radical (unpaired) electrons. The number of carbonyl (C=O) groups excluding carboxylic acids is 1. The molecule has 0 atom stereocenters. The van der Waals surface area contributed by atoms with E-state index in [1.165, 1.54) is 16.9 Å². The SMILES string of the molecule is Cc1ccc(-c2nnc(NC(=O)CCc3ccc4c(c3)OCO4)s2)cc1. The van der Waals surface area contributed by atoms with Crippen LogP contribution in [0.15, 0.2) is 42.5 Å². The molecule has 1 aliphatic rings. The summed E-state index contributed by atoms with van der Waals surface area (Å²) in [5.41, 5.74) is 3.21. The molecule has 6 nitrogen and oxygen atoms in total. The summed E-state index contributed by atoms with van der Waals surface area (Å²) in [5, 5.41) is 12.3. The second-order valence-electron chi connectivity index (χ2n) is 6.01. The fraction of sp³-hybridized carbons (Fsp3) is 0.211. The number of nitrogens with zero attached hydrogens (tertiary/aromatic N) is 2. The molecule has 0 saturated carbocycles. The molecule has 1 aromatic heterocycles. The predicted molar refractivity (Wildman–Crippen MR) is 99.6 cm³/mol. The van der Waals surface area contributed by atoms with E-state index in [2.05, 4.69) is 15.5 Å². The van der Waals surface area contributed by atoms with Crippen LogP contribution in [0.2, 0.25) is 0 Å². The zero-order valence-electron chi connectivity index (χ0n) is 14.2. The molecule has 2 heterocycles. The topological polar surface area (TPSA) is 73.3 Å². The van der Waals surface area contributed by atoms with Crippen LogP contribution in [0.3, 0.4) is 0 Å². The lowest BCUT2D eigenvalue weighted by molar-refractivity contribution is -0.116. The maximum Gasteiger partial charge on any atom is 0.231 e. The van der Waals surface area contributed by atoms with Gasteiger partial charge in [0.1, 0.15) is 5.01 Å². The van der Waals surface area contributed by atoms with E-state index in [0.717, 1.165) is 27.6 Å². The van der Waals surface area contributed by atoms with Gasteiger partial charge in [-0.1, -0.05) is 47.2 Å². The van der Waals surface area contributed by atoms with Crippen molar-refractivity contribution in [1.29, 1.82) is 0 Å². The van der Waals surface area contributed by atoms with E-state index in [0.29, 0.717) is 18.0 Å². The third-order valence-corrected chi connectivity index (χ3v) is 4.94. The normalized spacial score (nSPS) is 12.2. The van der Waals surface area contributed by atoms with Crippen LogP contribution in [-0.4, -0.2) is 22.9 Å². The Labute approximate surface area is 154 Å². The van der Waals surface area contributed by atoms with Crippen molar-refractivity contribution >= 4 is 22.4 Å². The molecule has 7 heteroatoms. The van der Waals surface area contributed by atoms with Crippen molar-refractivity contribution in [1.82, 2.24) is 10.2 Å². The quantitative estimate of drug-likeness (QED) is 0.742. The van der Waals surface area contributed by atoms with E-state index >= 15 is 0 Å². The zero-order valence-corrected chi connectivity index (χ0v) is 15.0. The highest BCUT2D eigenvalue weighted by atomic mass is 32.1. The summed E-state index contributed by atoms with van der Waals surface area (Å²) >= 11 is 1.37. The molecule has 26 heavy (non-hydrogen) atoms. The molecule has 0 aliphatic carbocycles. The zero-order chi connectivity index (χ0) is 17.9. The summed E-state index contributed by atoms with van der Waals surface area (Å²) in [7, 11) is 0. The van der Waals surface area contributed by atoms with Crippen LogP contribution in [0.5, 0.6) is 11.5 Å². The van der Waals surface area contributed by atoms with E-state index in [1.807, 2.05) is 49.4 Å². The van der Waals surface area contributed by atoms with Gasteiger partial charge in [-0.15, -0.1) is 10.2 Å². The molecule has 0 spiro atoms. The number of benzene rings is 2. The Morgan fingerprint density at radius 2 is 1.92 bits per heavy atom. The number of fused-ring (bicyclic) bond motifs is 1. The van der Waals surface area contributed by atoms with Gasteiger partial charge in [-0.05, 0) is 31.0 Å². The van der Waals surface area contributed by atoms with Crippen molar-refractivity contribution < 1.29 is 14.3 Å². The van der Waals surface area contributed by atoms with Crippen LogP contribution in [0.1, 0.15) is 17.5 Å².